The molecule has 0 bridgehead atoms. The minimum atomic E-state index is -0.411. The molecule has 1 saturated heterocycles. The summed E-state index contributed by atoms with van der Waals surface area (Å²) in [6, 6.07) is 4.89. The maximum absolute atomic E-state index is 13.6. The second-order valence-corrected chi connectivity index (χ2v) is 8.14. The number of hydrogen-bond donors (Lipinski definition) is 0. The van der Waals surface area contributed by atoms with Crippen LogP contribution in [0.15, 0.2) is 36.0 Å². The Morgan fingerprint density at radius 2 is 1.97 bits per heavy atom. The summed E-state index contributed by atoms with van der Waals surface area (Å²) < 4.78 is 13.6. The highest BCUT2D eigenvalue weighted by Crippen LogP contribution is 2.44. The van der Waals surface area contributed by atoms with E-state index in [2.05, 4.69) is 25.0 Å². The van der Waals surface area contributed by atoms with Crippen molar-refractivity contribution in [1.82, 2.24) is 20.0 Å². The van der Waals surface area contributed by atoms with Crippen molar-refractivity contribution in [2.45, 2.75) is 25.3 Å². The van der Waals surface area contributed by atoms with Gasteiger partial charge in [-0.15, -0.1) is 0 Å². The molecule has 2 aromatic heterocycles. The number of nitrogens with zero attached hydrogens (tertiary/aromatic N) is 7. The molecule has 0 spiro atoms. The molecule has 3 atom stereocenters. The van der Waals surface area contributed by atoms with E-state index in [-0.39, 0.29) is 17.9 Å². The minimum absolute atomic E-state index is 0.00719. The molecule has 8 nitrogen and oxygen atoms in total. The summed E-state index contributed by atoms with van der Waals surface area (Å²) in [5.41, 5.74) is 1.03. The molecule has 1 amide bonds. The fourth-order valence-electron chi connectivity index (χ4n) is 4.97. The van der Waals surface area contributed by atoms with Crippen LogP contribution in [0, 0.1) is 34.9 Å². The predicted molar refractivity (Wildman–Crippen MR) is 106 cm³/mol. The molecule has 2 aromatic rings. The highest BCUT2D eigenvalue weighted by molar-refractivity contribution is 5.82. The third kappa shape index (κ3) is 3.28. The van der Waals surface area contributed by atoms with Crippen molar-refractivity contribution in [3.63, 3.8) is 0 Å². The number of hydrogen-bond acceptors (Lipinski definition) is 7. The van der Waals surface area contributed by atoms with Gasteiger partial charge in [-0.25, -0.2) is 19.4 Å². The molecule has 2 aliphatic heterocycles. The van der Waals surface area contributed by atoms with E-state index in [0.29, 0.717) is 29.5 Å². The molecule has 4 heterocycles. The first-order valence-electron chi connectivity index (χ1n) is 10.1. The molecular formula is C21H20FN7O. The van der Waals surface area contributed by atoms with Gasteiger partial charge in [0.25, 0.3) is 0 Å². The quantitative estimate of drug-likeness (QED) is 0.777. The van der Waals surface area contributed by atoms with Crippen LogP contribution in [0.5, 0.6) is 0 Å². The summed E-state index contributed by atoms with van der Waals surface area (Å²) in [6.45, 7) is 1.63. The van der Waals surface area contributed by atoms with Crippen molar-refractivity contribution in [2.24, 2.45) is 22.9 Å². The number of nitriles is 1. The van der Waals surface area contributed by atoms with Gasteiger partial charge >= 0.3 is 0 Å². The molecule has 0 N–H and O–H groups in total. The van der Waals surface area contributed by atoms with Crippen LogP contribution >= 0.6 is 0 Å². The van der Waals surface area contributed by atoms with E-state index in [1.807, 2.05) is 6.07 Å². The van der Waals surface area contributed by atoms with Crippen LogP contribution in [-0.4, -0.2) is 45.2 Å². The number of fused-ring (bicyclic) bond motifs is 1. The van der Waals surface area contributed by atoms with Gasteiger partial charge < -0.3 is 4.90 Å². The molecule has 3 aliphatic rings. The SMILES string of the molecule is N#Cc1cc(N2CC3CC(C(=O)N4N=CCC4c4cncc(F)c4)CC3C2)ncn1. The van der Waals surface area contributed by atoms with E-state index in [4.69, 9.17) is 5.26 Å². The number of carbonyl (C=O) groups excluding carboxylic acids is 1. The molecule has 1 saturated carbocycles. The zero-order chi connectivity index (χ0) is 20.7. The maximum Gasteiger partial charge on any atom is 0.246 e. The lowest BCUT2D eigenvalue weighted by Gasteiger charge is -2.26. The highest BCUT2D eigenvalue weighted by atomic mass is 19.1. The van der Waals surface area contributed by atoms with Gasteiger partial charge in [-0.1, -0.05) is 0 Å². The Hall–Kier alpha value is -3.41. The van der Waals surface area contributed by atoms with Gasteiger partial charge in [0.05, 0.1) is 12.2 Å². The number of anilines is 1. The third-order valence-corrected chi connectivity index (χ3v) is 6.36. The molecule has 3 unspecified atom stereocenters. The van der Waals surface area contributed by atoms with Gasteiger partial charge in [0.15, 0.2) is 0 Å². The zero-order valence-electron chi connectivity index (χ0n) is 16.2. The third-order valence-electron chi connectivity index (χ3n) is 6.36. The van der Waals surface area contributed by atoms with Gasteiger partial charge in [0.1, 0.15) is 29.7 Å². The van der Waals surface area contributed by atoms with Gasteiger partial charge in [-0.05, 0) is 36.3 Å². The summed E-state index contributed by atoms with van der Waals surface area (Å²) in [7, 11) is 0. The number of aromatic nitrogens is 3. The Labute approximate surface area is 173 Å². The number of rotatable bonds is 3. The molecular weight excluding hydrogens is 385 g/mol. The van der Waals surface area contributed by atoms with Gasteiger partial charge in [0.2, 0.25) is 5.91 Å². The normalized spacial score (nSPS) is 27.3. The number of pyridine rings is 1. The number of halogens is 1. The summed E-state index contributed by atoms with van der Waals surface area (Å²) in [5.74, 6) is 1.09. The average molecular weight is 405 g/mol. The minimum Gasteiger partial charge on any atom is -0.356 e. The molecule has 2 fully saturated rings. The summed E-state index contributed by atoms with van der Waals surface area (Å²) in [4.78, 5) is 27.5. The maximum atomic E-state index is 13.6. The number of hydrazone groups is 1. The van der Waals surface area contributed by atoms with E-state index >= 15 is 0 Å². The molecule has 1 aliphatic carbocycles. The van der Waals surface area contributed by atoms with Crippen LogP contribution in [0.2, 0.25) is 0 Å². The Kier molecular flexibility index (Phi) is 4.62. The molecule has 0 radical (unpaired) electrons. The Morgan fingerprint density at radius 3 is 2.70 bits per heavy atom. The lowest BCUT2D eigenvalue weighted by atomic mass is 10.0. The fraction of sp³-hybridized carbons (Fsp3) is 0.429. The van der Waals surface area contributed by atoms with Crippen LogP contribution in [0.3, 0.4) is 0 Å². The lowest BCUT2D eigenvalue weighted by molar-refractivity contribution is -0.137. The fourth-order valence-corrected chi connectivity index (χ4v) is 4.97. The highest BCUT2D eigenvalue weighted by Gasteiger charge is 2.46. The monoisotopic (exact) mass is 405 g/mol. The second kappa shape index (κ2) is 7.44. The predicted octanol–water partition coefficient (Wildman–Crippen LogP) is 2.30. The molecule has 5 rings (SSSR count). The van der Waals surface area contributed by atoms with Crippen LogP contribution < -0.4 is 4.90 Å². The molecule has 30 heavy (non-hydrogen) atoms. The standard InChI is InChI=1S/C21H20FN7O/c22-17-5-14(8-24-9-17)19-1-2-27-29(19)21(30)13-3-15-10-28(11-16(15)4-13)20-6-18(7-23)25-12-26-20/h2,5-6,8-9,12-13,15-16,19H,1,3-4,10-11H2. The largest absolute Gasteiger partial charge is 0.356 e. The summed E-state index contributed by atoms with van der Waals surface area (Å²) in [5, 5.41) is 14.9. The van der Waals surface area contributed by atoms with Crippen LogP contribution in [0.25, 0.3) is 0 Å². The van der Waals surface area contributed by atoms with Crippen molar-refractivity contribution in [3.8, 4) is 6.07 Å². The van der Waals surface area contributed by atoms with E-state index in [0.717, 1.165) is 37.9 Å². The Balaban J connectivity index is 1.25. The molecule has 9 heteroatoms. The van der Waals surface area contributed by atoms with E-state index in [1.54, 1.807) is 18.5 Å². The van der Waals surface area contributed by atoms with E-state index < -0.39 is 5.82 Å². The first-order chi connectivity index (χ1) is 14.6. The van der Waals surface area contributed by atoms with Crippen LogP contribution in [0.1, 0.15) is 36.6 Å². The lowest BCUT2D eigenvalue weighted by Crippen LogP contribution is -2.33. The summed E-state index contributed by atoms with van der Waals surface area (Å²) in [6.07, 6.45) is 8.06. The number of amides is 1. The first-order valence-corrected chi connectivity index (χ1v) is 10.1. The first kappa shape index (κ1) is 18.6. The number of carbonyl (C=O) groups is 1. The van der Waals surface area contributed by atoms with Gasteiger partial charge in [0, 0.05) is 43.9 Å². The van der Waals surface area contributed by atoms with Crippen LogP contribution in [-0.2, 0) is 4.79 Å². The Morgan fingerprint density at radius 1 is 1.17 bits per heavy atom. The zero-order valence-corrected chi connectivity index (χ0v) is 16.2. The van der Waals surface area contributed by atoms with Crippen molar-refractivity contribution in [1.29, 1.82) is 5.26 Å². The van der Waals surface area contributed by atoms with Crippen molar-refractivity contribution < 1.29 is 9.18 Å². The van der Waals surface area contributed by atoms with Crippen LogP contribution in [0.4, 0.5) is 10.2 Å². The Bertz CT molecular complexity index is 1040. The van der Waals surface area contributed by atoms with Gasteiger partial charge in [-0.3, -0.25) is 9.78 Å². The van der Waals surface area contributed by atoms with E-state index in [1.165, 1.54) is 17.4 Å². The van der Waals surface area contributed by atoms with E-state index in [9.17, 15) is 9.18 Å². The summed E-state index contributed by atoms with van der Waals surface area (Å²) >= 11 is 0. The van der Waals surface area contributed by atoms with Gasteiger partial charge in [-0.2, -0.15) is 10.4 Å². The average Bonchev–Trinajstić information content (AvgIpc) is 3.48. The molecule has 152 valence electrons. The topological polar surface area (TPSA) is 98.4 Å². The second-order valence-electron chi connectivity index (χ2n) is 8.14. The molecule has 0 aromatic carbocycles. The van der Waals surface area contributed by atoms with Crippen molar-refractivity contribution in [3.05, 3.63) is 47.9 Å². The smallest absolute Gasteiger partial charge is 0.246 e. The van der Waals surface area contributed by atoms with Crippen molar-refractivity contribution in [2.75, 3.05) is 18.0 Å². The van der Waals surface area contributed by atoms with Crippen molar-refractivity contribution >= 4 is 17.9 Å².